The Bertz CT molecular complexity index is 982. The maximum Gasteiger partial charge on any atom is 0.141 e. The van der Waals surface area contributed by atoms with Crippen molar-refractivity contribution in [2.45, 2.75) is 12.5 Å². The van der Waals surface area contributed by atoms with Crippen molar-refractivity contribution in [1.82, 2.24) is 15.0 Å². The van der Waals surface area contributed by atoms with Crippen LogP contribution in [0.2, 0.25) is 0 Å². The number of aliphatic hydroxyl groups is 1. The van der Waals surface area contributed by atoms with Crippen LogP contribution in [0, 0.1) is 11.3 Å². The summed E-state index contributed by atoms with van der Waals surface area (Å²) in [6, 6.07) is 9.37. The number of aromatic nitrogens is 3. The summed E-state index contributed by atoms with van der Waals surface area (Å²) in [5.41, 5.74) is 8.39. The minimum Gasteiger partial charge on any atom is -0.398 e. The number of nitriles is 1. The Balaban J connectivity index is 1.81. The van der Waals surface area contributed by atoms with E-state index in [0.29, 0.717) is 34.9 Å². The highest BCUT2D eigenvalue weighted by Crippen LogP contribution is 2.31. The van der Waals surface area contributed by atoms with Gasteiger partial charge in [0.05, 0.1) is 17.5 Å². The van der Waals surface area contributed by atoms with E-state index in [1.165, 1.54) is 11.3 Å². The Kier molecular flexibility index (Phi) is 4.24. The third-order valence-electron chi connectivity index (χ3n) is 4.28. The topological polar surface area (TPSA) is 112 Å². The molecule has 1 saturated heterocycles. The summed E-state index contributed by atoms with van der Waals surface area (Å²) < 4.78 is 0. The van der Waals surface area contributed by atoms with Gasteiger partial charge in [0.25, 0.3) is 0 Å². The van der Waals surface area contributed by atoms with Crippen molar-refractivity contribution in [3.05, 3.63) is 41.4 Å². The molecule has 1 aliphatic rings. The highest BCUT2D eigenvalue weighted by molar-refractivity contribution is 7.13. The minimum absolute atomic E-state index is 0.302. The van der Waals surface area contributed by atoms with Crippen LogP contribution in [-0.2, 0) is 0 Å². The average Bonchev–Trinajstić information content (AvgIpc) is 3.33. The molecule has 8 heteroatoms. The third-order valence-corrected chi connectivity index (χ3v) is 5.07. The second kappa shape index (κ2) is 6.71. The van der Waals surface area contributed by atoms with Crippen LogP contribution in [0.4, 0.5) is 11.5 Å². The summed E-state index contributed by atoms with van der Waals surface area (Å²) in [5, 5.41) is 21.9. The smallest absolute Gasteiger partial charge is 0.141 e. The zero-order valence-corrected chi connectivity index (χ0v) is 14.6. The van der Waals surface area contributed by atoms with Crippen LogP contribution in [0.25, 0.3) is 22.1 Å². The Hall–Kier alpha value is -3.02. The molecule has 3 aromatic heterocycles. The molecule has 0 amide bonds. The summed E-state index contributed by atoms with van der Waals surface area (Å²) in [5.74, 6) is 0.753. The second-order valence-corrected chi connectivity index (χ2v) is 6.93. The first-order chi connectivity index (χ1) is 12.7. The van der Waals surface area contributed by atoms with Gasteiger partial charge < -0.3 is 15.7 Å². The minimum atomic E-state index is -0.336. The molecule has 3 N–H and O–H groups in total. The standard InChI is InChI=1S/C18H16N6OS/c19-9-12-13(20)8-15(18-21-5-7-26-18)23-17(12)14-2-1-3-16(22-14)24-6-4-11(25)10-24/h1-3,5,7-8,11,25H,4,6,10H2,(H2,20,23)/t11-/m1/s1. The Morgan fingerprint density at radius 3 is 2.88 bits per heavy atom. The molecule has 0 bridgehead atoms. The fourth-order valence-electron chi connectivity index (χ4n) is 3.01. The van der Waals surface area contributed by atoms with E-state index in [0.717, 1.165) is 23.8 Å². The molecule has 7 nitrogen and oxygen atoms in total. The fraction of sp³-hybridized carbons (Fsp3) is 0.222. The summed E-state index contributed by atoms with van der Waals surface area (Å²) in [4.78, 5) is 15.6. The molecule has 130 valence electrons. The number of β-amino-alcohol motifs (C(OH)–C–C–N with tert-alkyl or cyclic N) is 1. The first-order valence-corrected chi connectivity index (χ1v) is 9.04. The number of hydrogen-bond acceptors (Lipinski definition) is 8. The number of rotatable bonds is 3. The number of pyridine rings is 2. The lowest BCUT2D eigenvalue weighted by molar-refractivity contribution is 0.198. The van der Waals surface area contributed by atoms with Gasteiger partial charge in [-0.2, -0.15) is 5.26 Å². The Morgan fingerprint density at radius 1 is 1.31 bits per heavy atom. The van der Waals surface area contributed by atoms with Gasteiger partial charge in [0, 0.05) is 24.7 Å². The number of nitrogens with zero attached hydrogens (tertiary/aromatic N) is 5. The van der Waals surface area contributed by atoms with Crippen molar-refractivity contribution in [3.63, 3.8) is 0 Å². The highest BCUT2D eigenvalue weighted by Gasteiger charge is 2.22. The maximum absolute atomic E-state index is 9.76. The molecular weight excluding hydrogens is 348 g/mol. The maximum atomic E-state index is 9.76. The molecule has 0 saturated carbocycles. The lowest BCUT2D eigenvalue weighted by Gasteiger charge is -2.17. The molecule has 0 aliphatic carbocycles. The zero-order chi connectivity index (χ0) is 18.1. The van der Waals surface area contributed by atoms with E-state index in [2.05, 4.69) is 21.0 Å². The monoisotopic (exact) mass is 364 g/mol. The molecule has 1 aliphatic heterocycles. The molecule has 4 rings (SSSR count). The van der Waals surface area contributed by atoms with Gasteiger partial charge in [-0.15, -0.1) is 11.3 Å². The van der Waals surface area contributed by atoms with Gasteiger partial charge >= 0.3 is 0 Å². The number of thiazole rings is 1. The number of nitrogens with two attached hydrogens (primary N) is 1. The average molecular weight is 364 g/mol. The van der Waals surface area contributed by atoms with Gasteiger partial charge in [-0.25, -0.2) is 15.0 Å². The summed E-state index contributed by atoms with van der Waals surface area (Å²) in [6.45, 7) is 1.30. The normalized spacial score (nSPS) is 16.6. The molecular formula is C18H16N6OS. The largest absolute Gasteiger partial charge is 0.398 e. The van der Waals surface area contributed by atoms with Gasteiger partial charge in [-0.1, -0.05) is 6.07 Å². The van der Waals surface area contributed by atoms with E-state index in [9.17, 15) is 10.4 Å². The van der Waals surface area contributed by atoms with E-state index in [4.69, 9.17) is 5.73 Å². The quantitative estimate of drug-likeness (QED) is 0.733. The second-order valence-electron chi connectivity index (χ2n) is 6.04. The molecule has 0 aromatic carbocycles. The van der Waals surface area contributed by atoms with Crippen LogP contribution in [0.5, 0.6) is 0 Å². The zero-order valence-electron chi connectivity index (χ0n) is 13.8. The molecule has 0 spiro atoms. The molecule has 0 unspecified atom stereocenters. The van der Waals surface area contributed by atoms with Crippen molar-refractivity contribution in [2.75, 3.05) is 23.7 Å². The number of nitrogen functional groups attached to an aromatic ring is 1. The van der Waals surface area contributed by atoms with Gasteiger partial charge in [-0.05, 0) is 24.6 Å². The number of hydrogen-bond donors (Lipinski definition) is 2. The molecule has 1 atom stereocenters. The van der Waals surface area contributed by atoms with Crippen molar-refractivity contribution >= 4 is 22.8 Å². The predicted molar refractivity (Wildman–Crippen MR) is 101 cm³/mol. The van der Waals surface area contributed by atoms with E-state index in [-0.39, 0.29) is 6.10 Å². The van der Waals surface area contributed by atoms with E-state index >= 15 is 0 Å². The van der Waals surface area contributed by atoms with E-state index < -0.39 is 0 Å². The molecule has 4 heterocycles. The summed E-state index contributed by atoms with van der Waals surface area (Å²) in [7, 11) is 0. The van der Waals surface area contributed by atoms with Crippen LogP contribution in [0.1, 0.15) is 12.0 Å². The van der Waals surface area contributed by atoms with Crippen LogP contribution < -0.4 is 10.6 Å². The Labute approximate surface area is 154 Å². The molecule has 26 heavy (non-hydrogen) atoms. The van der Waals surface area contributed by atoms with Crippen molar-refractivity contribution in [2.24, 2.45) is 0 Å². The first-order valence-electron chi connectivity index (χ1n) is 8.16. The van der Waals surface area contributed by atoms with Gasteiger partial charge in [0.15, 0.2) is 0 Å². The van der Waals surface area contributed by atoms with Crippen molar-refractivity contribution in [3.8, 4) is 28.2 Å². The van der Waals surface area contributed by atoms with E-state index in [1.807, 2.05) is 28.5 Å². The predicted octanol–water partition coefficient (Wildman–Crippen LogP) is 2.29. The van der Waals surface area contributed by atoms with Crippen molar-refractivity contribution < 1.29 is 5.11 Å². The van der Waals surface area contributed by atoms with Crippen LogP contribution in [0.15, 0.2) is 35.8 Å². The van der Waals surface area contributed by atoms with Crippen LogP contribution >= 0.6 is 11.3 Å². The molecule has 0 radical (unpaired) electrons. The van der Waals surface area contributed by atoms with Crippen molar-refractivity contribution in [1.29, 1.82) is 5.26 Å². The van der Waals surface area contributed by atoms with Crippen LogP contribution in [-0.4, -0.2) is 39.3 Å². The van der Waals surface area contributed by atoms with Gasteiger partial charge in [-0.3, -0.25) is 0 Å². The number of anilines is 2. The summed E-state index contributed by atoms with van der Waals surface area (Å²) >= 11 is 1.46. The highest BCUT2D eigenvalue weighted by atomic mass is 32.1. The van der Waals surface area contributed by atoms with Crippen LogP contribution in [0.3, 0.4) is 0 Å². The number of aliphatic hydroxyl groups excluding tert-OH is 1. The van der Waals surface area contributed by atoms with Gasteiger partial charge in [0.1, 0.15) is 33.8 Å². The van der Waals surface area contributed by atoms with Gasteiger partial charge in [0.2, 0.25) is 0 Å². The first kappa shape index (κ1) is 16.4. The fourth-order valence-corrected chi connectivity index (χ4v) is 3.61. The molecule has 3 aromatic rings. The lowest BCUT2D eigenvalue weighted by atomic mass is 10.1. The lowest BCUT2D eigenvalue weighted by Crippen LogP contribution is -2.22. The SMILES string of the molecule is N#Cc1c(N)cc(-c2nccs2)nc1-c1cccc(N2CC[C@@H](O)C2)n1. The van der Waals surface area contributed by atoms with E-state index in [1.54, 1.807) is 12.3 Å². The summed E-state index contributed by atoms with van der Waals surface area (Å²) in [6.07, 6.45) is 2.09. The third kappa shape index (κ3) is 2.98. The molecule has 1 fully saturated rings. The Morgan fingerprint density at radius 2 is 2.19 bits per heavy atom.